The molecule has 3 saturated heterocycles. The number of piperidine rings is 1. The summed E-state index contributed by atoms with van der Waals surface area (Å²) in [6, 6.07) is 0.416. The summed E-state index contributed by atoms with van der Waals surface area (Å²) in [6.07, 6.45) is 4.31. The van der Waals surface area contributed by atoms with Crippen molar-refractivity contribution in [2.45, 2.75) is 70.2 Å². The van der Waals surface area contributed by atoms with Crippen molar-refractivity contribution >= 4 is 11.9 Å². The van der Waals surface area contributed by atoms with E-state index in [2.05, 4.69) is 13.8 Å². The van der Waals surface area contributed by atoms with Crippen molar-refractivity contribution < 1.29 is 19.4 Å². The Labute approximate surface area is 119 Å². The van der Waals surface area contributed by atoms with Crippen LogP contribution in [0.3, 0.4) is 0 Å². The molecule has 20 heavy (non-hydrogen) atoms. The zero-order valence-electron chi connectivity index (χ0n) is 12.1. The molecule has 5 heteroatoms. The molecule has 1 amide bonds. The van der Waals surface area contributed by atoms with E-state index < -0.39 is 17.8 Å². The van der Waals surface area contributed by atoms with Crippen LogP contribution in [-0.4, -0.2) is 46.2 Å². The van der Waals surface area contributed by atoms with Gasteiger partial charge in [0.05, 0.1) is 24.0 Å². The normalized spacial score (nSPS) is 43.8. The predicted molar refractivity (Wildman–Crippen MR) is 72.1 cm³/mol. The van der Waals surface area contributed by atoms with Crippen molar-refractivity contribution in [3.63, 3.8) is 0 Å². The number of carbonyl (C=O) groups is 2. The zero-order valence-corrected chi connectivity index (χ0v) is 12.1. The standard InChI is InChI=1S/C15H23NO4/c1-8-4-3-5-9(2)16(8)14(17)12-10-6-7-11(20-10)13(12)15(18)19/h8-13H,3-7H2,1-2H3,(H,18,19)/t8-,9+,10-,11-,12+,13+/m1/s1. The molecule has 0 saturated carbocycles. The molecular weight excluding hydrogens is 258 g/mol. The molecule has 0 radical (unpaired) electrons. The van der Waals surface area contributed by atoms with E-state index in [1.54, 1.807) is 0 Å². The number of likely N-dealkylation sites (tertiary alicyclic amines) is 1. The Hall–Kier alpha value is -1.10. The van der Waals surface area contributed by atoms with Crippen molar-refractivity contribution in [3.05, 3.63) is 0 Å². The highest BCUT2D eigenvalue weighted by Crippen LogP contribution is 2.45. The maximum absolute atomic E-state index is 12.9. The number of rotatable bonds is 2. The minimum atomic E-state index is -0.882. The van der Waals surface area contributed by atoms with Gasteiger partial charge in [-0.05, 0) is 46.0 Å². The van der Waals surface area contributed by atoms with Crippen LogP contribution < -0.4 is 0 Å². The van der Waals surface area contributed by atoms with E-state index in [0.717, 1.165) is 32.1 Å². The molecule has 5 nitrogen and oxygen atoms in total. The number of hydrogen-bond acceptors (Lipinski definition) is 3. The van der Waals surface area contributed by atoms with Gasteiger partial charge >= 0.3 is 5.97 Å². The van der Waals surface area contributed by atoms with Crippen LogP contribution in [0.2, 0.25) is 0 Å². The summed E-state index contributed by atoms with van der Waals surface area (Å²) in [5.41, 5.74) is 0. The first-order valence-electron chi connectivity index (χ1n) is 7.71. The second-order valence-electron chi connectivity index (χ2n) is 6.55. The number of fused-ring (bicyclic) bond motifs is 2. The minimum absolute atomic E-state index is 0.00398. The van der Waals surface area contributed by atoms with Crippen LogP contribution in [-0.2, 0) is 14.3 Å². The molecule has 0 aromatic heterocycles. The van der Waals surface area contributed by atoms with E-state index in [-0.39, 0.29) is 30.2 Å². The number of hydrogen-bond donors (Lipinski definition) is 1. The Bertz CT molecular complexity index is 414. The second-order valence-corrected chi connectivity index (χ2v) is 6.55. The van der Waals surface area contributed by atoms with Crippen LogP contribution in [0.15, 0.2) is 0 Å². The highest BCUT2D eigenvalue weighted by molar-refractivity contribution is 5.87. The van der Waals surface area contributed by atoms with Gasteiger partial charge in [0.15, 0.2) is 0 Å². The van der Waals surface area contributed by atoms with E-state index in [4.69, 9.17) is 4.74 Å². The molecular formula is C15H23NO4. The van der Waals surface area contributed by atoms with Crippen LogP contribution in [0.1, 0.15) is 46.0 Å². The van der Waals surface area contributed by atoms with Crippen molar-refractivity contribution in [1.82, 2.24) is 4.90 Å². The van der Waals surface area contributed by atoms with Gasteiger partial charge < -0.3 is 14.7 Å². The third kappa shape index (κ3) is 2.03. The summed E-state index contributed by atoms with van der Waals surface area (Å²) in [5.74, 6) is -2.01. The molecule has 3 rings (SSSR count). The second kappa shape index (κ2) is 5.02. The maximum Gasteiger partial charge on any atom is 0.310 e. The first kappa shape index (κ1) is 13.9. The quantitative estimate of drug-likeness (QED) is 0.836. The summed E-state index contributed by atoms with van der Waals surface area (Å²) in [7, 11) is 0. The van der Waals surface area contributed by atoms with Crippen molar-refractivity contribution in [1.29, 1.82) is 0 Å². The van der Waals surface area contributed by atoms with E-state index in [0.29, 0.717) is 0 Å². The summed E-state index contributed by atoms with van der Waals surface area (Å²) in [5, 5.41) is 9.43. The van der Waals surface area contributed by atoms with Crippen LogP contribution in [0.5, 0.6) is 0 Å². The number of aliphatic carboxylic acids is 1. The Morgan fingerprint density at radius 1 is 1.00 bits per heavy atom. The van der Waals surface area contributed by atoms with Crippen LogP contribution >= 0.6 is 0 Å². The number of nitrogens with zero attached hydrogens (tertiary/aromatic N) is 1. The average Bonchev–Trinajstić information content (AvgIpc) is 2.98. The largest absolute Gasteiger partial charge is 0.481 e. The SMILES string of the molecule is C[C@@H]1CCC[C@H](C)N1C(=O)[C@@H]1[C@@H](C(=O)O)[C@H]2CC[C@H]1O2. The molecule has 3 heterocycles. The van der Waals surface area contributed by atoms with Crippen LogP contribution in [0, 0.1) is 11.8 Å². The Kier molecular flexibility index (Phi) is 3.48. The molecule has 3 aliphatic rings. The van der Waals surface area contributed by atoms with E-state index in [9.17, 15) is 14.7 Å². The smallest absolute Gasteiger partial charge is 0.310 e. The van der Waals surface area contributed by atoms with Gasteiger partial charge in [0.25, 0.3) is 0 Å². The zero-order chi connectivity index (χ0) is 14.4. The topological polar surface area (TPSA) is 66.8 Å². The monoisotopic (exact) mass is 281 g/mol. The van der Waals surface area contributed by atoms with Crippen LogP contribution in [0.25, 0.3) is 0 Å². The van der Waals surface area contributed by atoms with Gasteiger partial charge in [-0.1, -0.05) is 0 Å². The fraction of sp³-hybridized carbons (Fsp3) is 0.867. The molecule has 0 aliphatic carbocycles. The summed E-state index contributed by atoms with van der Waals surface area (Å²) in [4.78, 5) is 26.3. The van der Waals surface area contributed by atoms with Crippen molar-refractivity contribution in [3.8, 4) is 0 Å². The summed E-state index contributed by atoms with van der Waals surface area (Å²) >= 11 is 0. The average molecular weight is 281 g/mol. The lowest BCUT2D eigenvalue weighted by Gasteiger charge is -2.42. The molecule has 3 fully saturated rings. The van der Waals surface area contributed by atoms with Crippen LogP contribution in [0.4, 0.5) is 0 Å². The first-order chi connectivity index (χ1) is 9.50. The van der Waals surface area contributed by atoms with Gasteiger partial charge in [-0.2, -0.15) is 0 Å². The summed E-state index contributed by atoms with van der Waals surface area (Å²) < 4.78 is 5.71. The Balaban J connectivity index is 1.83. The van der Waals surface area contributed by atoms with Gasteiger partial charge in [-0.3, -0.25) is 9.59 Å². The lowest BCUT2D eigenvalue weighted by molar-refractivity contribution is -0.153. The third-order valence-electron chi connectivity index (χ3n) is 5.29. The molecule has 0 spiro atoms. The lowest BCUT2D eigenvalue weighted by Crippen LogP contribution is -2.53. The maximum atomic E-state index is 12.9. The molecule has 0 unspecified atom stereocenters. The van der Waals surface area contributed by atoms with E-state index >= 15 is 0 Å². The van der Waals surface area contributed by atoms with Gasteiger partial charge in [0.1, 0.15) is 0 Å². The van der Waals surface area contributed by atoms with E-state index in [1.807, 2.05) is 4.90 Å². The molecule has 0 aromatic carbocycles. The summed E-state index contributed by atoms with van der Waals surface area (Å²) in [6.45, 7) is 4.13. The number of carbonyl (C=O) groups excluding carboxylic acids is 1. The number of carboxylic acids is 1. The first-order valence-corrected chi connectivity index (χ1v) is 7.71. The number of ether oxygens (including phenoxy) is 1. The predicted octanol–water partition coefficient (Wildman–Crippen LogP) is 1.65. The fourth-order valence-electron chi connectivity index (χ4n) is 4.33. The molecule has 112 valence electrons. The molecule has 1 N–H and O–H groups in total. The Morgan fingerprint density at radius 3 is 2.10 bits per heavy atom. The van der Waals surface area contributed by atoms with Gasteiger partial charge in [-0.25, -0.2) is 0 Å². The van der Waals surface area contributed by atoms with Gasteiger partial charge in [-0.15, -0.1) is 0 Å². The highest BCUT2D eigenvalue weighted by Gasteiger charge is 2.57. The molecule has 0 aromatic rings. The van der Waals surface area contributed by atoms with Gasteiger partial charge in [0, 0.05) is 12.1 Å². The molecule has 2 bridgehead atoms. The van der Waals surface area contributed by atoms with Crippen molar-refractivity contribution in [2.75, 3.05) is 0 Å². The lowest BCUT2D eigenvalue weighted by atomic mass is 9.77. The number of carboxylic acid groups (broad SMARTS) is 1. The minimum Gasteiger partial charge on any atom is -0.481 e. The number of amides is 1. The van der Waals surface area contributed by atoms with Crippen molar-refractivity contribution in [2.24, 2.45) is 11.8 Å². The third-order valence-corrected chi connectivity index (χ3v) is 5.29. The highest BCUT2D eigenvalue weighted by atomic mass is 16.5. The fourth-order valence-corrected chi connectivity index (χ4v) is 4.33. The Morgan fingerprint density at radius 2 is 1.55 bits per heavy atom. The molecule has 6 atom stereocenters. The van der Waals surface area contributed by atoms with Gasteiger partial charge in [0.2, 0.25) is 5.91 Å². The van der Waals surface area contributed by atoms with E-state index in [1.165, 1.54) is 0 Å². The molecule has 3 aliphatic heterocycles.